The molecule has 0 saturated carbocycles. The number of hydrogen-bond acceptors (Lipinski definition) is 3. The average molecular weight is 355 g/mol. The van der Waals surface area contributed by atoms with Gasteiger partial charge in [0.25, 0.3) is 0 Å². The van der Waals surface area contributed by atoms with Gasteiger partial charge >= 0.3 is 5.97 Å². The van der Waals surface area contributed by atoms with Gasteiger partial charge < -0.3 is 5.11 Å². The summed E-state index contributed by atoms with van der Waals surface area (Å²) >= 11 is 8.96. The molecule has 0 amide bonds. The van der Waals surface area contributed by atoms with Crippen LogP contribution >= 0.6 is 27.5 Å². The average Bonchev–Trinajstić information content (AvgIpc) is 2.41. The molecule has 0 bridgehead atoms. The van der Waals surface area contributed by atoms with Crippen LogP contribution in [0.3, 0.4) is 0 Å². The number of aromatic nitrogens is 1. The molecule has 2 aromatic rings. The largest absolute Gasteiger partial charge is 0.476 e. The van der Waals surface area contributed by atoms with Gasteiger partial charge in [-0.25, -0.2) is 9.78 Å². The Bertz CT molecular complexity index is 671. The van der Waals surface area contributed by atoms with Crippen LogP contribution in [0.2, 0.25) is 5.02 Å². The second-order valence-electron chi connectivity index (χ2n) is 4.08. The third-order valence-electron chi connectivity index (χ3n) is 2.64. The van der Waals surface area contributed by atoms with Crippen LogP contribution in [-0.2, 0) is 6.42 Å². The fourth-order valence-electron chi connectivity index (χ4n) is 1.71. The molecule has 1 heterocycles. The van der Waals surface area contributed by atoms with E-state index in [0.29, 0.717) is 9.50 Å². The van der Waals surface area contributed by atoms with E-state index in [4.69, 9.17) is 16.7 Å². The number of Topliss-reactive ketones (excluding diaryl/α,β-unsaturated/α-hetero) is 1. The van der Waals surface area contributed by atoms with Crippen LogP contribution < -0.4 is 0 Å². The molecule has 0 radical (unpaired) electrons. The first-order valence-corrected chi connectivity index (χ1v) is 6.81. The summed E-state index contributed by atoms with van der Waals surface area (Å²) in [4.78, 5) is 27.1. The number of halogens is 2. The standard InChI is InChI=1S/C14H9BrClNO3/c15-9-6-11(13(14(19)20)17-7-9)12(18)5-8-1-3-10(16)4-2-8/h1-4,6-7H,5H2,(H,19,20). The van der Waals surface area contributed by atoms with E-state index in [0.717, 1.165) is 5.56 Å². The van der Waals surface area contributed by atoms with E-state index in [-0.39, 0.29) is 23.5 Å². The number of carbonyl (C=O) groups excluding carboxylic acids is 1. The molecule has 1 aromatic carbocycles. The highest BCUT2D eigenvalue weighted by Gasteiger charge is 2.18. The first kappa shape index (κ1) is 14.7. The zero-order chi connectivity index (χ0) is 14.7. The summed E-state index contributed by atoms with van der Waals surface area (Å²) < 4.78 is 0.557. The summed E-state index contributed by atoms with van der Waals surface area (Å²) in [6, 6.07) is 8.29. The summed E-state index contributed by atoms with van der Waals surface area (Å²) in [6.07, 6.45) is 1.44. The number of pyridine rings is 1. The highest BCUT2D eigenvalue weighted by molar-refractivity contribution is 9.10. The Balaban J connectivity index is 2.31. The van der Waals surface area contributed by atoms with Gasteiger partial charge in [-0.3, -0.25) is 4.79 Å². The molecule has 0 spiro atoms. The summed E-state index contributed by atoms with van der Waals surface area (Å²) in [6.45, 7) is 0. The maximum Gasteiger partial charge on any atom is 0.355 e. The lowest BCUT2D eigenvalue weighted by Gasteiger charge is -2.05. The highest BCUT2D eigenvalue weighted by atomic mass is 79.9. The lowest BCUT2D eigenvalue weighted by molar-refractivity contribution is 0.0685. The van der Waals surface area contributed by atoms with Crippen molar-refractivity contribution in [2.45, 2.75) is 6.42 Å². The van der Waals surface area contributed by atoms with Crippen molar-refractivity contribution in [2.75, 3.05) is 0 Å². The van der Waals surface area contributed by atoms with Gasteiger partial charge in [-0.15, -0.1) is 0 Å². The number of benzene rings is 1. The van der Waals surface area contributed by atoms with Crippen molar-refractivity contribution < 1.29 is 14.7 Å². The minimum absolute atomic E-state index is 0.0850. The van der Waals surface area contributed by atoms with Crippen molar-refractivity contribution in [3.8, 4) is 0 Å². The fraction of sp³-hybridized carbons (Fsp3) is 0.0714. The Labute approximate surface area is 128 Å². The number of carboxylic acid groups (broad SMARTS) is 1. The zero-order valence-electron chi connectivity index (χ0n) is 10.1. The van der Waals surface area contributed by atoms with Gasteiger partial charge in [0.15, 0.2) is 11.5 Å². The van der Waals surface area contributed by atoms with Crippen molar-refractivity contribution in [1.29, 1.82) is 0 Å². The van der Waals surface area contributed by atoms with Crippen LogP contribution in [0.15, 0.2) is 41.0 Å². The molecule has 6 heteroatoms. The van der Waals surface area contributed by atoms with E-state index in [1.807, 2.05) is 0 Å². The van der Waals surface area contributed by atoms with Crippen molar-refractivity contribution in [3.05, 3.63) is 62.8 Å². The van der Waals surface area contributed by atoms with Gasteiger partial charge in [0.05, 0.1) is 5.56 Å². The van der Waals surface area contributed by atoms with Crippen molar-refractivity contribution in [1.82, 2.24) is 4.98 Å². The number of hydrogen-bond donors (Lipinski definition) is 1. The Kier molecular flexibility index (Phi) is 4.52. The van der Waals surface area contributed by atoms with E-state index in [1.165, 1.54) is 12.3 Å². The van der Waals surface area contributed by atoms with E-state index < -0.39 is 5.97 Å². The predicted octanol–water partition coefficient (Wildman–Crippen LogP) is 3.62. The SMILES string of the molecule is O=C(Cc1ccc(Cl)cc1)c1cc(Br)cnc1C(=O)O. The summed E-state index contributed by atoms with van der Waals surface area (Å²) in [5.41, 5.74) is 0.602. The Hall–Kier alpha value is -1.72. The van der Waals surface area contributed by atoms with Gasteiger partial charge in [-0.1, -0.05) is 23.7 Å². The molecule has 0 aliphatic heterocycles. The number of carboxylic acids is 1. The first-order chi connectivity index (χ1) is 9.47. The minimum Gasteiger partial charge on any atom is -0.476 e. The topological polar surface area (TPSA) is 67.3 Å². The first-order valence-electron chi connectivity index (χ1n) is 5.64. The van der Waals surface area contributed by atoms with Crippen LogP contribution in [0, 0.1) is 0 Å². The van der Waals surface area contributed by atoms with Crippen LogP contribution in [0.4, 0.5) is 0 Å². The van der Waals surface area contributed by atoms with Crippen LogP contribution in [-0.4, -0.2) is 21.8 Å². The molecule has 1 aromatic heterocycles. The van der Waals surface area contributed by atoms with Crippen LogP contribution in [0.1, 0.15) is 26.4 Å². The van der Waals surface area contributed by atoms with Crippen molar-refractivity contribution >= 4 is 39.3 Å². The maximum atomic E-state index is 12.2. The molecule has 0 unspecified atom stereocenters. The van der Waals surface area contributed by atoms with Crippen molar-refractivity contribution in [3.63, 3.8) is 0 Å². The second kappa shape index (κ2) is 6.15. The number of rotatable bonds is 4. The van der Waals surface area contributed by atoms with Gasteiger partial charge in [-0.2, -0.15) is 0 Å². The molecule has 20 heavy (non-hydrogen) atoms. The minimum atomic E-state index is -1.23. The lowest BCUT2D eigenvalue weighted by Crippen LogP contribution is -2.12. The van der Waals surface area contributed by atoms with E-state index in [9.17, 15) is 9.59 Å². The van der Waals surface area contributed by atoms with Crippen LogP contribution in [0.5, 0.6) is 0 Å². The molecule has 0 atom stereocenters. The lowest BCUT2D eigenvalue weighted by atomic mass is 10.0. The molecule has 0 saturated heterocycles. The molecule has 4 nitrogen and oxygen atoms in total. The molecule has 102 valence electrons. The molecule has 1 N–H and O–H groups in total. The molecule has 2 rings (SSSR count). The quantitative estimate of drug-likeness (QED) is 0.852. The second-order valence-corrected chi connectivity index (χ2v) is 5.43. The Morgan fingerprint density at radius 1 is 1.25 bits per heavy atom. The van der Waals surface area contributed by atoms with Crippen molar-refractivity contribution in [2.24, 2.45) is 0 Å². The molecule has 0 aliphatic carbocycles. The van der Waals surface area contributed by atoms with E-state index in [1.54, 1.807) is 24.3 Å². The van der Waals surface area contributed by atoms with Gasteiger partial charge in [-0.05, 0) is 39.7 Å². The number of carbonyl (C=O) groups is 2. The normalized spacial score (nSPS) is 10.3. The third-order valence-corrected chi connectivity index (χ3v) is 3.32. The molecular weight excluding hydrogens is 346 g/mol. The zero-order valence-corrected chi connectivity index (χ0v) is 12.5. The van der Waals surface area contributed by atoms with Crippen LogP contribution in [0.25, 0.3) is 0 Å². The number of nitrogens with zero attached hydrogens (tertiary/aromatic N) is 1. The summed E-state index contributed by atoms with van der Waals surface area (Å²) in [5, 5.41) is 9.64. The monoisotopic (exact) mass is 353 g/mol. The summed E-state index contributed by atoms with van der Waals surface area (Å²) in [5.74, 6) is -1.53. The molecule has 0 aliphatic rings. The molecular formula is C14H9BrClNO3. The fourth-order valence-corrected chi connectivity index (χ4v) is 2.16. The number of aromatic carboxylic acids is 1. The van der Waals surface area contributed by atoms with E-state index >= 15 is 0 Å². The molecule has 0 fully saturated rings. The Morgan fingerprint density at radius 2 is 1.90 bits per heavy atom. The van der Waals surface area contributed by atoms with Gasteiger partial charge in [0, 0.05) is 22.1 Å². The Morgan fingerprint density at radius 3 is 2.50 bits per heavy atom. The third kappa shape index (κ3) is 3.43. The van der Waals surface area contributed by atoms with Gasteiger partial charge in [0.2, 0.25) is 0 Å². The highest BCUT2D eigenvalue weighted by Crippen LogP contribution is 2.17. The number of ketones is 1. The smallest absolute Gasteiger partial charge is 0.355 e. The summed E-state index contributed by atoms with van der Waals surface area (Å²) in [7, 11) is 0. The predicted molar refractivity (Wildman–Crippen MR) is 78.4 cm³/mol. The van der Waals surface area contributed by atoms with E-state index in [2.05, 4.69) is 20.9 Å². The maximum absolute atomic E-state index is 12.2. The van der Waals surface area contributed by atoms with Gasteiger partial charge in [0.1, 0.15) is 0 Å².